The molecule has 3 N–H and O–H groups in total. The van der Waals surface area contributed by atoms with Crippen LogP contribution in [0.3, 0.4) is 0 Å². The molecule has 1 saturated heterocycles. The molecule has 1 aliphatic rings. The highest BCUT2D eigenvalue weighted by molar-refractivity contribution is 7.90. The molecule has 1 amide bonds. The number of sulfonamides is 1. The third-order valence-electron chi connectivity index (χ3n) is 5.56. The van der Waals surface area contributed by atoms with Gasteiger partial charge < -0.3 is 10.6 Å². The van der Waals surface area contributed by atoms with Crippen molar-refractivity contribution in [3.63, 3.8) is 0 Å². The maximum atomic E-state index is 12.4. The Bertz CT molecular complexity index is 954. The molecule has 30 heavy (non-hydrogen) atoms. The molecule has 2 unspecified atom stereocenters. The maximum Gasteiger partial charge on any atom is 0.220 e. The van der Waals surface area contributed by atoms with E-state index in [-0.39, 0.29) is 18.0 Å². The molecule has 162 valence electrons. The van der Waals surface area contributed by atoms with Gasteiger partial charge in [0.25, 0.3) is 0 Å². The lowest BCUT2D eigenvalue weighted by Crippen LogP contribution is -2.51. The maximum absolute atomic E-state index is 12.4. The topological polar surface area (TPSA) is 87.3 Å². The third-order valence-corrected chi connectivity index (χ3v) is 7.43. The predicted molar refractivity (Wildman–Crippen MR) is 121 cm³/mol. The Balaban J connectivity index is 1.78. The number of likely N-dealkylation sites (N-methyl/N-ethyl adjacent to an activating group) is 1. The van der Waals surface area contributed by atoms with Crippen molar-refractivity contribution in [3.8, 4) is 11.1 Å². The fourth-order valence-electron chi connectivity index (χ4n) is 3.61. The number of amides is 1. The first-order valence-electron chi connectivity index (χ1n) is 10.4. The van der Waals surface area contributed by atoms with Crippen LogP contribution >= 0.6 is 0 Å². The summed E-state index contributed by atoms with van der Waals surface area (Å²) in [6, 6.07) is 15.7. The first-order chi connectivity index (χ1) is 14.3. The molecule has 0 saturated carbocycles. The second kappa shape index (κ2) is 9.73. The van der Waals surface area contributed by atoms with E-state index in [2.05, 4.69) is 39.6 Å². The molecule has 0 radical (unpaired) electrons. The van der Waals surface area contributed by atoms with Crippen LogP contribution in [0.4, 0.5) is 0 Å². The quantitative estimate of drug-likeness (QED) is 0.602. The molecule has 0 spiro atoms. The highest BCUT2D eigenvalue weighted by atomic mass is 32.2. The first-order valence-corrected chi connectivity index (χ1v) is 12.0. The second-order valence-electron chi connectivity index (χ2n) is 8.07. The zero-order chi connectivity index (χ0) is 21.7. The number of carbonyl (C=O) groups is 1. The number of hydrogen-bond donors (Lipinski definition) is 3. The molecular formula is C23H31N3O3S. The van der Waals surface area contributed by atoms with Gasteiger partial charge in [0, 0.05) is 12.5 Å². The molecule has 2 atom stereocenters. The van der Waals surface area contributed by atoms with Crippen molar-refractivity contribution in [1.82, 2.24) is 15.4 Å². The molecule has 2 aromatic rings. The van der Waals surface area contributed by atoms with E-state index < -0.39 is 15.3 Å². The standard InChI is InChI=1S/C23H31N3O3S/c1-16(2)30(28,29)26-21-12-13-22(27)25-23(21)20-10-8-19(9-11-20)18-6-4-17(5-7-18)14-15-24-3/h4-11,16,21,23-24,26H,12-15H2,1-3H3,(H,25,27). The Morgan fingerprint density at radius 2 is 1.63 bits per heavy atom. The van der Waals surface area contributed by atoms with E-state index in [0.29, 0.717) is 12.8 Å². The Kier molecular flexibility index (Phi) is 7.28. The number of hydrogen-bond acceptors (Lipinski definition) is 4. The van der Waals surface area contributed by atoms with Gasteiger partial charge in [0.2, 0.25) is 15.9 Å². The average Bonchev–Trinajstić information content (AvgIpc) is 2.74. The largest absolute Gasteiger partial charge is 0.348 e. The van der Waals surface area contributed by atoms with Crippen LogP contribution in [0, 0.1) is 0 Å². The smallest absolute Gasteiger partial charge is 0.220 e. The molecule has 0 bridgehead atoms. The molecule has 0 aromatic heterocycles. The van der Waals surface area contributed by atoms with E-state index in [4.69, 9.17) is 0 Å². The second-order valence-corrected chi connectivity index (χ2v) is 10.3. The lowest BCUT2D eigenvalue weighted by atomic mass is 9.91. The summed E-state index contributed by atoms with van der Waals surface area (Å²) in [5.41, 5.74) is 4.39. The average molecular weight is 430 g/mol. The Morgan fingerprint density at radius 3 is 2.20 bits per heavy atom. The number of nitrogens with one attached hydrogen (secondary N) is 3. The Morgan fingerprint density at radius 1 is 1.03 bits per heavy atom. The van der Waals surface area contributed by atoms with Crippen LogP contribution < -0.4 is 15.4 Å². The minimum atomic E-state index is -3.42. The van der Waals surface area contributed by atoms with Gasteiger partial charge in [-0.3, -0.25) is 4.79 Å². The Hall–Kier alpha value is -2.22. The summed E-state index contributed by atoms with van der Waals surface area (Å²) in [6.07, 6.45) is 1.79. The monoisotopic (exact) mass is 429 g/mol. The fraction of sp³-hybridized carbons (Fsp3) is 0.435. The lowest BCUT2D eigenvalue weighted by molar-refractivity contribution is -0.123. The number of benzene rings is 2. The summed E-state index contributed by atoms with van der Waals surface area (Å²) in [7, 11) is -1.48. The van der Waals surface area contributed by atoms with Gasteiger partial charge in [-0.05, 0) is 62.5 Å². The summed E-state index contributed by atoms with van der Waals surface area (Å²) in [4.78, 5) is 12.0. The summed E-state index contributed by atoms with van der Waals surface area (Å²) in [6.45, 7) is 4.25. The summed E-state index contributed by atoms with van der Waals surface area (Å²) in [5.74, 6) is -0.0544. The van der Waals surface area contributed by atoms with Crippen LogP contribution in [0.15, 0.2) is 48.5 Å². The minimum absolute atomic E-state index is 0.0544. The normalized spacial score (nSPS) is 19.7. The van der Waals surface area contributed by atoms with Gasteiger partial charge in [0.05, 0.1) is 11.3 Å². The molecule has 1 aliphatic heterocycles. The zero-order valence-electron chi connectivity index (χ0n) is 17.8. The van der Waals surface area contributed by atoms with Crippen molar-refractivity contribution < 1.29 is 13.2 Å². The minimum Gasteiger partial charge on any atom is -0.348 e. The van der Waals surface area contributed by atoms with Crippen molar-refractivity contribution in [2.75, 3.05) is 13.6 Å². The lowest BCUT2D eigenvalue weighted by Gasteiger charge is -2.33. The highest BCUT2D eigenvalue weighted by Gasteiger charge is 2.33. The summed E-state index contributed by atoms with van der Waals surface area (Å²) >= 11 is 0. The van der Waals surface area contributed by atoms with E-state index in [1.54, 1.807) is 13.8 Å². The molecule has 7 heteroatoms. The fourth-order valence-corrected chi connectivity index (χ4v) is 4.55. The van der Waals surface area contributed by atoms with Crippen molar-refractivity contribution in [2.45, 2.75) is 50.4 Å². The first kappa shape index (κ1) is 22.5. The Labute approximate surface area is 179 Å². The predicted octanol–water partition coefficient (Wildman–Crippen LogP) is 2.76. The molecule has 0 aliphatic carbocycles. The summed E-state index contributed by atoms with van der Waals surface area (Å²) in [5, 5.41) is 5.59. The van der Waals surface area contributed by atoms with E-state index in [1.807, 2.05) is 31.3 Å². The molecule has 6 nitrogen and oxygen atoms in total. The van der Waals surface area contributed by atoms with Crippen molar-refractivity contribution in [3.05, 3.63) is 59.7 Å². The van der Waals surface area contributed by atoms with E-state index in [9.17, 15) is 13.2 Å². The van der Waals surface area contributed by atoms with Crippen molar-refractivity contribution in [2.24, 2.45) is 0 Å². The highest BCUT2D eigenvalue weighted by Crippen LogP contribution is 2.28. The van der Waals surface area contributed by atoms with Crippen LogP contribution in [0.5, 0.6) is 0 Å². The summed E-state index contributed by atoms with van der Waals surface area (Å²) < 4.78 is 27.5. The number of piperidine rings is 1. The van der Waals surface area contributed by atoms with Crippen LogP contribution in [-0.4, -0.2) is 39.2 Å². The van der Waals surface area contributed by atoms with Crippen LogP contribution in [-0.2, 0) is 21.2 Å². The third kappa shape index (κ3) is 5.47. The van der Waals surface area contributed by atoms with E-state index >= 15 is 0 Å². The van der Waals surface area contributed by atoms with Gasteiger partial charge in [-0.1, -0.05) is 48.5 Å². The van der Waals surface area contributed by atoms with Gasteiger partial charge in [0.1, 0.15) is 0 Å². The van der Waals surface area contributed by atoms with E-state index in [0.717, 1.165) is 29.7 Å². The zero-order valence-corrected chi connectivity index (χ0v) is 18.6. The van der Waals surface area contributed by atoms with Crippen LogP contribution in [0.25, 0.3) is 11.1 Å². The number of rotatable bonds is 8. The molecule has 2 aromatic carbocycles. The molecule has 3 rings (SSSR count). The van der Waals surface area contributed by atoms with Crippen molar-refractivity contribution >= 4 is 15.9 Å². The van der Waals surface area contributed by atoms with Gasteiger partial charge in [-0.2, -0.15) is 0 Å². The van der Waals surface area contributed by atoms with Crippen LogP contribution in [0.1, 0.15) is 43.9 Å². The van der Waals surface area contributed by atoms with Gasteiger partial charge in [-0.15, -0.1) is 0 Å². The molecular weight excluding hydrogens is 398 g/mol. The number of carbonyl (C=O) groups excluding carboxylic acids is 1. The molecule has 1 heterocycles. The SMILES string of the molecule is CNCCc1ccc(-c2ccc(C3NC(=O)CCC3NS(=O)(=O)C(C)C)cc2)cc1. The van der Waals surface area contributed by atoms with Gasteiger partial charge >= 0.3 is 0 Å². The van der Waals surface area contributed by atoms with Gasteiger partial charge in [-0.25, -0.2) is 13.1 Å². The van der Waals surface area contributed by atoms with Crippen LogP contribution in [0.2, 0.25) is 0 Å². The van der Waals surface area contributed by atoms with Gasteiger partial charge in [0.15, 0.2) is 0 Å². The molecule has 1 fully saturated rings. The van der Waals surface area contributed by atoms with Crippen molar-refractivity contribution in [1.29, 1.82) is 0 Å². The van der Waals surface area contributed by atoms with E-state index in [1.165, 1.54) is 5.56 Å².